The maximum atomic E-state index is 11.3. The topological polar surface area (TPSA) is 40.5 Å². The minimum atomic E-state index is -0.915. The summed E-state index contributed by atoms with van der Waals surface area (Å²) in [5.41, 5.74) is 1.35. The number of carbonyl (C=O) groups is 1. The van der Waals surface area contributed by atoms with Gasteiger partial charge in [0.15, 0.2) is 0 Å². The van der Waals surface area contributed by atoms with Crippen LogP contribution < -0.4 is 4.90 Å². The fourth-order valence-electron chi connectivity index (χ4n) is 2.63. The SMILES string of the molecule is CCC1(C)CCN(c2c(Cl)cccc2C(=O)O)CC1. The van der Waals surface area contributed by atoms with Gasteiger partial charge in [-0.05, 0) is 30.4 Å². The number of para-hydroxylation sites is 1. The number of hydrogen-bond donors (Lipinski definition) is 1. The van der Waals surface area contributed by atoms with E-state index in [0.29, 0.717) is 21.7 Å². The van der Waals surface area contributed by atoms with E-state index in [1.54, 1.807) is 18.2 Å². The maximum absolute atomic E-state index is 11.3. The highest BCUT2D eigenvalue weighted by molar-refractivity contribution is 6.34. The summed E-state index contributed by atoms with van der Waals surface area (Å²) in [7, 11) is 0. The van der Waals surface area contributed by atoms with Crippen molar-refractivity contribution < 1.29 is 9.90 Å². The third-order valence-corrected chi connectivity index (χ3v) is 4.66. The van der Waals surface area contributed by atoms with Crippen molar-refractivity contribution >= 4 is 23.3 Å². The highest BCUT2D eigenvalue weighted by atomic mass is 35.5. The van der Waals surface area contributed by atoms with E-state index in [9.17, 15) is 9.90 Å². The first-order chi connectivity index (χ1) is 8.97. The van der Waals surface area contributed by atoms with Crippen molar-refractivity contribution in [1.82, 2.24) is 0 Å². The minimum Gasteiger partial charge on any atom is -0.478 e. The third kappa shape index (κ3) is 2.86. The first kappa shape index (κ1) is 14.2. The lowest BCUT2D eigenvalue weighted by Crippen LogP contribution is -2.39. The fourth-order valence-corrected chi connectivity index (χ4v) is 2.93. The Hall–Kier alpha value is -1.22. The predicted molar refractivity (Wildman–Crippen MR) is 78.3 cm³/mol. The number of aromatic carboxylic acids is 1. The lowest BCUT2D eigenvalue weighted by Gasteiger charge is -2.40. The lowest BCUT2D eigenvalue weighted by atomic mass is 9.78. The zero-order valence-corrected chi connectivity index (χ0v) is 12.2. The minimum absolute atomic E-state index is 0.299. The molecule has 1 fully saturated rings. The van der Waals surface area contributed by atoms with Gasteiger partial charge in [-0.15, -0.1) is 0 Å². The van der Waals surface area contributed by atoms with Crippen LogP contribution in [0.15, 0.2) is 18.2 Å². The standard InChI is InChI=1S/C15H20ClNO2/c1-3-15(2)7-9-17(10-8-15)13-11(14(18)19)5-4-6-12(13)16/h4-6H,3,7-10H2,1-2H3,(H,18,19). The number of piperidine rings is 1. The molecule has 0 unspecified atom stereocenters. The Kier molecular flexibility index (Phi) is 4.04. The quantitative estimate of drug-likeness (QED) is 0.908. The van der Waals surface area contributed by atoms with Crippen LogP contribution in [0.3, 0.4) is 0 Å². The second-order valence-electron chi connectivity index (χ2n) is 5.59. The van der Waals surface area contributed by atoms with Crippen LogP contribution in [0.25, 0.3) is 0 Å². The van der Waals surface area contributed by atoms with Gasteiger partial charge in [0.25, 0.3) is 0 Å². The number of carboxylic acids is 1. The van der Waals surface area contributed by atoms with Crippen molar-refractivity contribution in [3.8, 4) is 0 Å². The van der Waals surface area contributed by atoms with Crippen molar-refractivity contribution in [3.63, 3.8) is 0 Å². The molecule has 0 saturated carbocycles. The highest BCUT2D eigenvalue weighted by Crippen LogP contribution is 2.38. The molecule has 0 aliphatic carbocycles. The molecule has 1 saturated heterocycles. The van der Waals surface area contributed by atoms with Crippen molar-refractivity contribution in [3.05, 3.63) is 28.8 Å². The van der Waals surface area contributed by atoms with Crippen LogP contribution in [0.4, 0.5) is 5.69 Å². The summed E-state index contributed by atoms with van der Waals surface area (Å²) < 4.78 is 0. The van der Waals surface area contributed by atoms with Crippen molar-refractivity contribution in [1.29, 1.82) is 0 Å². The van der Waals surface area contributed by atoms with E-state index in [0.717, 1.165) is 32.4 Å². The zero-order chi connectivity index (χ0) is 14.0. The predicted octanol–water partition coefficient (Wildman–Crippen LogP) is 4.05. The molecule has 0 atom stereocenters. The molecule has 1 N–H and O–H groups in total. The van der Waals surface area contributed by atoms with Crippen LogP contribution in [0, 0.1) is 5.41 Å². The Bertz CT molecular complexity index is 479. The molecule has 0 amide bonds. The van der Waals surface area contributed by atoms with Gasteiger partial charge in [0.2, 0.25) is 0 Å². The van der Waals surface area contributed by atoms with E-state index in [4.69, 9.17) is 11.6 Å². The average molecular weight is 282 g/mol. The zero-order valence-electron chi connectivity index (χ0n) is 11.4. The lowest BCUT2D eigenvalue weighted by molar-refractivity contribution is 0.0697. The molecule has 0 bridgehead atoms. The van der Waals surface area contributed by atoms with Gasteiger partial charge in [-0.2, -0.15) is 0 Å². The number of rotatable bonds is 3. The Labute approximate surface area is 119 Å². The number of benzene rings is 1. The normalized spacial score (nSPS) is 18.4. The van der Waals surface area contributed by atoms with E-state index in [-0.39, 0.29) is 0 Å². The second kappa shape index (κ2) is 5.41. The van der Waals surface area contributed by atoms with Gasteiger partial charge in [0.1, 0.15) is 0 Å². The summed E-state index contributed by atoms with van der Waals surface area (Å²) in [6.45, 7) is 6.26. The van der Waals surface area contributed by atoms with E-state index < -0.39 is 5.97 Å². The molecule has 0 radical (unpaired) electrons. The van der Waals surface area contributed by atoms with Gasteiger partial charge < -0.3 is 10.0 Å². The van der Waals surface area contributed by atoms with Crippen molar-refractivity contribution in [2.75, 3.05) is 18.0 Å². The molecular weight excluding hydrogens is 262 g/mol. The van der Waals surface area contributed by atoms with Crippen molar-refractivity contribution in [2.24, 2.45) is 5.41 Å². The fraction of sp³-hybridized carbons (Fsp3) is 0.533. The van der Waals surface area contributed by atoms with Crippen LogP contribution >= 0.6 is 11.6 Å². The summed E-state index contributed by atoms with van der Waals surface area (Å²) in [5.74, 6) is -0.915. The van der Waals surface area contributed by atoms with E-state index in [1.807, 2.05) is 0 Å². The Morgan fingerprint density at radius 2 is 2.05 bits per heavy atom. The molecule has 19 heavy (non-hydrogen) atoms. The van der Waals surface area contributed by atoms with Gasteiger partial charge >= 0.3 is 5.97 Å². The largest absolute Gasteiger partial charge is 0.478 e. The maximum Gasteiger partial charge on any atom is 0.337 e. The number of hydrogen-bond acceptors (Lipinski definition) is 2. The summed E-state index contributed by atoms with van der Waals surface area (Å²) in [6, 6.07) is 5.07. The van der Waals surface area contributed by atoms with Crippen LogP contribution in [-0.4, -0.2) is 24.2 Å². The monoisotopic (exact) mass is 281 g/mol. The molecule has 1 aromatic rings. The van der Waals surface area contributed by atoms with Crippen LogP contribution in [0.1, 0.15) is 43.5 Å². The van der Waals surface area contributed by atoms with Crippen LogP contribution in [0.5, 0.6) is 0 Å². The van der Waals surface area contributed by atoms with Gasteiger partial charge in [0, 0.05) is 13.1 Å². The van der Waals surface area contributed by atoms with Gasteiger partial charge in [0.05, 0.1) is 16.3 Å². The molecule has 3 nitrogen and oxygen atoms in total. The highest BCUT2D eigenvalue weighted by Gasteiger charge is 2.30. The number of nitrogens with zero attached hydrogens (tertiary/aromatic N) is 1. The first-order valence-corrected chi connectivity index (χ1v) is 7.11. The molecule has 1 aliphatic heterocycles. The molecule has 1 aliphatic rings. The van der Waals surface area contributed by atoms with E-state index >= 15 is 0 Å². The van der Waals surface area contributed by atoms with Crippen LogP contribution in [0.2, 0.25) is 5.02 Å². The average Bonchev–Trinajstić information content (AvgIpc) is 2.40. The summed E-state index contributed by atoms with van der Waals surface area (Å²) >= 11 is 6.21. The van der Waals surface area contributed by atoms with Gasteiger partial charge in [-0.25, -0.2) is 4.79 Å². The Morgan fingerprint density at radius 1 is 1.42 bits per heavy atom. The molecular formula is C15H20ClNO2. The van der Waals surface area contributed by atoms with Crippen molar-refractivity contribution in [2.45, 2.75) is 33.1 Å². The molecule has 0 aromatic heterocycles. The smallest absolute Gasteiger partial charge is 0.337 e. The number of carboxylic acid groups (broad SMARTS) is 1. The summed E-state index contributed by atoms with van der Waals surface area (Å²) in [6.07, 6.45) is 3.32. The second-order valence-corrected chi connectivity index (χ2v) is 6.00. The van der Waals surface area contributed by atoms with Gasteiger partial charge in [-0.1, -0.05) is 37.9 Å². The van der Waals surface area contributed by atoms with Crippen LogP contribution in [-0.2, 0) is 0 Å². The molecule has 2 rings (SSSR count). The summed E-state index contributed by atoms with van der Waals surface area (Å²) in [5, 5.41) is 9.81. The summed E-state index contributed by atoms with van der Waals surface area (Å²) in [4.78, 5) is 13.4. The first-order valence-electron chi connectivity index (χ1n) is 6.73. The molecule has 1 heterocycles. The molecule has 0 spiro atoms. The Balaban J connectivity index is 2.27. The van der Waals surface area contributed by atoms with Gasteiger partial charge in [-0.3, -0.25) is 0 Å². The Morgan fingerprint density at radius 3 is 2.58 bits per heavy atom. The molecule has 4 heteroatoms. The van der Waals surface area contributed by atoms with E-state index in [2.05, 4.69) is 18.7 Å². The third-order valence-electron chi connectivity index (χ3n) is 4.36. The molecule has 104 valence electrons. The van der Waals surface area contributed by atoms with E-state index in [1.165, 1.54) is 0 Å². The molecule has 1 aromatic carbocycles. The number of halogens is 1. The number of anilines is 1.